The molecular formula is C10H20B2. The molecule has 1 rings (SSSR count). The standard InChI is InChI=1S/C10H20B2/c1-2-4-6-8-10-12-11-9-7-5-3-1/h1-10H2. The molecule has 0 N–H and O–H groups in total. The molecule has 1 saturated heterocycles. The molecule has 0 bridgehead atoms. The Bertz CT molecular complexity index is 50.8. The molecule has 0 aromatic heterocycles. The number of hydrogen-bond acceptors (Lipinski definition) is 0. The first-order chi connectivity index (χ1) is 6.00. The molecule has 0 aromatic carbocycles. The molecular weight excluding hydrogens is 142 g/mol. The zero-order chi connectivity index (χ0) is 8.49. The molecule has 1 aliphatic rings. The maximum atomic E-state index is 2.38. The van der Waals surface area contributed by atoms with Crippen LogP contribution in [0, 0.1) is 0 Å². The SMILES string of the molecule is [B]1[B]CCCCCCCCCC1. The lowest BCUT2D eigenvalue weighted by molar-refractivity contribution is 0.583. The van der Waals surface area contributed by atoms with Gasteiger partial charge in [0.2, 0.25) is 0 Å². The van der Waals surface area contributed by atoms with Gasteiger partial charge in [-0.1, -0.05) is 64.0 Å². The highest BCUT2D eigenvalue weighted by Gasteiger charge is 1.97. The van der Waals surface area contributed by atoms with Crippen LogP contribution < -0.4 is 0 Å². The van der Waals surface area contributed by atoms with Crippen LogP contribution >= 0.6 is 0 Å². The third-order valence-electron chi connectivity index (χ3n) is 2.66. The van der Waals surface area contributed by atoms with Gasteiger partial charge < -0.3 is 0 Å². The van der Waals surface area contributed by atoms with Gasteiger partial charge in [0.1, 0.15) is 0 Å². The first kappa shape index (κ1) is 10.2. The maximum Gasteiger partial charge on any atom is 0.0653 e. The summed E-state index contributed by atoms with van der Waals surface area (Å²) < 4.78 is 0. The largest absolute Gasteiger partial charge is 0.0887 e. The Morgan fingerprint density at radius 2 is 0.750 bits per heavy atom. The lowest BCUT2D eigenvalue weighted by Crippen LogP contribution is -2.02. The van der Waals surface area contributed by atoms with E-state index >= 15 is 0 Å². The van der Waals surface area contributed by atoms with Crippen LogP contribution in [0.1, 0.15) is 51.4 Å². The smallest absolute Gasteiger partial charge is 0.0653 e. The molecule has 0 spiro atoms. The molecule has 1 aliphatic heterocycles. The molecule has 0 amide bonds. The second-order valence-corrected chi connectivity index (χ2v) is 3.88. The number of hydrogen-bond donors (Lipinski definition) is 0. The van der Waals surface area contributed by atoms with E-state index in [1.807, 2.05) is 0 Å². The molecule has 0 aliphatic carbocycles. The Morgan fingerprint density at radius 3 is 1.17 bits per heavy atom. The minimum absolute atomic E-state index is 1.32. The second-order valence-electron chi connectivity index (χ2n) is 3.88. The fraction of sp³-hybridized carbons (Fsp3) is 1.00. The van der Waals surface area contributed by atoms with E-state index in [0.29, 0.717) is 0 Å². The molecule has 2 radical (unpaired) electrons. The van der Waals surface area contributed by atoms with Gasteiger partial charge in [0, 0.05) is 0 Å². The first-order valence-corrected chi connectivity index (χ1v) is 5.65. The van der Waals surface area contributed by atoms with Crippen LogP contribution in [0.15, 0.2) is 0 Å². The lowest BCUT2D eigenvalue weighted by Gasteiger charge is -2.04. The Hall–Kier alpha value is 0.130. The fourth-order valence-electron chi connectivity index (χ4n) is 1.82. The molecule has 66 valence electrons. The van der Waals surface area contributed by atoms with Crippen molar-refractivity contribution in [1.82, 2.24) is 0 Å². The van der Waals surface area contributed by atoms with Crippen LogP contribution in [0.4, 0.5) is 0 Å². The van der Waals surface area contributed by atoms with Crippen LogP contribution in [0.3, 0.4) is 0 Å². The van der Waals surface area contributed by atoms with Gasteiger partial charge in [0.05, 0.1) is 14.3 Å². The van der Waals surface area contributed by atoms with Gasteiger partial charge in [-0.15, -0.1) is 0 Å². The molecule has 0 atom stereocenters. The van der Waals surface area contributed by atoms with Crippen LogP contribution in [-0.2, 0) is 0 Å². The summed E-state index contributed by atoms with van der Waals surface area (Å²) in [5.74, 6) is 0. The Labute approximate surface area is 79.0 Å². The van der Waals surface area contributed by atoms with Crippen molar-refractivity contribution in [3.05, 3.63) is 0 Å². The highest BCUT2D eigenvalue weighted by Crippen LogP contribution is 2.11. The van der Waals surface area contributed by atoms with Crippen LogP contribution in [0.5, 0.6) is 0 Å². The Kier molecular flexibility index (Phi) is 6.61. The monoisotopic (exact) mass is 162 g/mol. The predicted octanol–water partition coefficient (Wildman–Crippen LogP) is 3.28. The molecule has 0 unspecified atom stereocenters. The molecule has 0 saturated carbocycles. The van der Waals surface area contributed by atoms with Crippen molar-refractivity contribution in [1.29, 1.82) is 0 Å². The van der Waals surface area contributed by atoms with Gasteiger partial charge in [-0.25, -0.2) is 0 Å². The third-order valence-corrected chi connectivity index (χ3v) is 2.66. The van der Waals surface area contributed by atoms with E-state index in [9.17, 15) is 0 Å². The summed E-state index contributed by atoms with van der Waals surface area (Å²) >= 11 is 0. The van der Waals surface area contributed by atoms with Gasteiger partial charge in [0.25, 0.3) is 0 Å². The average Bonchev–Trinajstić information content (AvgIpc) is 2.05. The molecule has 0 nitrogen and oxygen atoms in total. The summed E-state index contributed by atoms with van der Waals surface area (Å²) in [4.78, 5) is 0. The van der Waals surface area contributed by atoms with Gasteiger partial charge in [-0.05, 0) is 0 Å². The maximum absolute atomic E-state index is 2.38. The minimum Gasteiger partial charge on any atom is -0.0887 e. The highest BCUT2D eigenvalue weighted by molar-refractivity contribution is 7.00. The van der Waals surface area contributed by atoms with E-state index in [-0.39, 0.29) is 0 Å². The zero-order valence-corrected chi connectivity index (χ0v) is 8.23. The summed E-state index contributed by atoms with van der Waals surface area (Å²) in [6, 6.07) is 0. The lowest BCUT2D eigenvalue weighted by atomic mass is 9.36. The number of rotatable bonds is 0. The summed E-state index contributed by atoms with van der Waals surface area (Å²) in [6.45, 7) is 0. The van der Waals surface area contributed by atoms with Gasteiger partial charge in [0.15, 0.2) is 0 Å². The van der Waals surface area contributed by atoms with E-state index in [1.54, 1.807) is 0 Å². The summed E-state index contributed by atoms with van der Waals surface area (Å²) in [5.41, 5.74) is 0. The van der Waals surface area contributed by atoms with Crippen molar-refractivity contribution < 1.29 is 0 Å². The van der Waals surface area contributed by atoms with Crippen molar-refractivity contribution >= 4 is 14.3 Å². The predicted molar refractivity (Wildman–Crippen MR) is 58.1 cm³/mol. The van der Waals surface area contributed by atoms with E-state index < -0.39 is 0 Å². The van der Waals surface area contributed by atoms with E-state index in [2.05, 4.69) is 14.3 Å². The van der Waals surface area contributed by atoms with Gasteiger partial charge in [-0.3, -0.25) is 0 Å². The van der Waals surface area contributed by atoms with Crippen molar-refractivity contribution in [3.8, 4) is 0 Å². The second kappa shape index (κ2) is 7.76. The summed E-state index contributed by atoms with van der Waals surface area (Å²) in [5, 5.41) is 0. The average molecular weight is 162 g/mol. The summed E-state index contributed by atoms with van der Waals surface area (Å²) in [6.07, 6.45) is 14.2. The van der Waals surface area contributed by atoms with Gasteiger partial charge >= 0.3 is 0 Å². The van der Waals surface area contributed by atoms with Gasteiger partial charge in [-0.2, -0.15) is 0 Å². The molecule has 0 aromatic rings. The van der Waals surface area contributed by atoms with Crippen LogP contribution in [-0.4, -0.2) is 14.3 Å². The van der Waals surface area contributed by atoms with E-state index in [1.165, 1.54) is 64.0 Å². The molecule has 1 fully saturated rings. The van der Waals surface area contributed by atoms with E-state index in [4.69, 9.17) is 0 Å². The minimum atomic E-state index is 1.32. The Morgan fingerprint density at radius 1 is 0.417 bits per heavy atom. The highest BCUT2D eigenvalue weighted by atomic mass is 14.0. The molecule has 2 heteroatoms. The Balaban J connectivity index is 2.00. The van der Waals surface area contributed by atoms with Crippen molar-refractivity contribution in [2.24, 2.45) is 0 Å². The quantitative estimate of drug-likeness (QED) is 0.479. The van der Waals surface area contributed by atoms with Crippen LogP contribution in [0.25, 0.3) is 0 Å². The van der Waals surface area contributed by atoms with Crippen molar-refractivity contribution in [3.63, 3.8) is 0 Å². The summed E-state index contributed by atoms with van der Waals surface area (Å²) in [7, 11) is 4.75. The topological polar surface area (TPSA) is 0 Å². The third kappa shape index (κ3) is 5.74. The fourth-order valence-corrected chi connectivity index (χ4v) is 1.82. The molecule has 1 heterocycles. The van der Waals surface area contributed by atoms with E-state index in [0.717, 1.165) is 0 Å². The zero-order valence-electron chi connectivity index (χ0n) is 8.23. The molecule has 12 heavy (non-hydrogen) atoms. The van der Waals surface area contributed by atoms with Crippen molar-refractivity contribution in [2.45, 2.75) is 64.0 Å². The van der Waals surface area contributed by atoms with Crippen LogP contribution in [0.2, 0.25) is 12.6 Å². The van der Waals surface area contributed by atoms with Crippen molar-refractivity contribution in [2.75, 3.05) is 0 Å². The first-order valence-electron chi connectivity index (χ1n) is 5.65. The normalized spacial score (nSPS) is 22.7.